The van der Waals surface area contributed by atoms with E-state index in [1.807, 2.05) is 6.92 Å². The molecule has 1 aromatic rings. The van der Waals surface area contributed by atoms with Crippen LogP contribution in [0.1, 0.15) is 93.1 Å². The molecule has 0 saturated carbocycles. The Balaban J connectivity index is 2.48. The number of halogens is 3. The summed E-state index contributed by atoms with van der Waals surface area (Å²) in [4.78, 5) is 24.7. The smallest absolute Gasteiger partial charge is 0.422 e. The fourth-order valence-corrected chi connectivity index (χ4v) is 4.10. The highest BCUT2D eigenvalue weighted by atomic mass is 19.4. The van der Waals surface area contributed by atoms with Crippen molar-refractivity contribution in [1.82, 2.24) is 0 Å². The Morgan fingerprint density at radius 3 is 2.02 bits per heavy atom. The number of hydrogen-bond donors (Lipinski definition) is 0. The van der Waals surface area contributed by atoms with Gasteiger partial charge in [-0.05, 0) is 79.5 Å². The molecule has 0 aromatic heterocycles. The van der Waals surface area contributed by atoms with Crippen molar-refractivity contribution in [3.8, 4) is 11.5 Å². The predicted molar refractivity (Wildman–Crippen MR) is 155 cm³/mol. The van der Waals surface area contributed by atoms with Crippen LogP contribution in [0.3, 0.4) is 0 Å². The molecule has 0 radical (unpaired) electrons. The topological polar surface area (TPSA) is 71.1 Å². The van der Waals surface area contributed by atoms with Gasteiger partial charge in [-0.1, -0.05) is 54.5 Å². The molecular formula is C32H49F3O6. The molecule has 0 amide bonds. The van der Waals surface area contributed by atoms with E-state index in [4.69, 9.17) is 14.2 Å². The molecule has 0 N–H and O–H groups in total. The maximum absolute atomic E-state index is 13.2. The van der Waals surface area contributed by atoms with E-state index in [0.29, 0.717) is 36.2 Å². The number of rotatable bonds is 16. The third-order valence-corrected chi connectivity index (χ3v) is 7.99. The summed E-state index contributed by atoms with van der Waals surface area (Å²) in [5, 5.41) is 0. The van der Waals surface area contributed by atoms with Crippen LogP contribution in [0, 0.1) is 22.2 Å². The molecule has 9 heteroatoms. The van der Waals surface area contributed by atoms with Gasteiger partial charge >= 0.3 is 18.1 Å². The van der Waals surface area contributed by atoms with Gasteiger partial charge in [0.05, 0.1) is 25.7 Å². The van der Waals surface area contributed by atoms with Crippen molar-refractivity contribution in [2.75, 3.05) is 26.9 Å². The van der Waals surface area contributed by atoms with E-state index < -0.39 is 24.2 Å². The zero-order valence-corrected chi connectivity index (χ0v) is 26.2. The van der Waals surface area contributed by atoms with Crippen LogP contribution in [0.25, 0.3) is 6.08 Å². The van der Waals surface area contributed by atoms with Crippen LogP contribution in [0.4, 0.5) is 13.2 Å². The molecule has 41 heavy (non-hydrogen) atoms. The maximum atomic E-state index is 13.2. The molecule has 0 heterocycles. The van der Waals surface area contributed by atoms with Crippen molar-refractivity contribution >= 4 is 18.0 Å². The highest BCUT2D eigenvalue weighted by molar-refractivity contribution is 5.87. The zero-order chi connectivity index (χ0) is 31.5. The van der Waals surface area contributed by atoms with E-state index in [1.54, 1.807) is 18.2 Å². The summed E-state index contributed by atoms with van der Waals surface area (Å²) in [5.74, 6) is 0.175. The summed E-state index contributed by atoms with van der Waals surface area (Å²) in [7, 11) is 1.48. The second kappa shape index (κ2) is 15.5. The van der Waals surface area contributed by atoms with E-state index in [2.05, 4.69) is 53.2 Å². The van der Waals surface area contributed by atoms with E-state index in [9.17, 15) is 22.8 Å². The molecule has 1 aromatic carbocycles. The molecule has 0 bridgehead atoms. The highest BCUT2D eigenvalue weighted by Crippen LogP contribution is 2.49. The summed E-state index contributed by atoms with van der Waals surface area (Å²) in [6, 6.07) is 4.95. The second-order valence-electron chi connectivity index (χ2n) is 12.8. The molecule has 0 aliphatic carbocycles. The Labute approximate surface area is 244 Å². The van der Waals surface area contributed by atoms with Gasteiger partial charge in [-0.15, -0.1) is 0 Å². The van der Waals surface area contributed by atoms with Crippen LogP contribution in [0.5, 0.6) is 11.5 Å². The van der Waals surface area contributed by atoms with Crippen LogP contribution in [-0.2, 0) is 19.1 Å². The van der Waals surface area contributed by atoms with Gasteiger partial charge in [0.15, 0.2) is 18.1 Å². The zero-order valence-electron chi connectivity index (χ0n) is 26.2. The third kappa shape index (κ3) is 12.4. The number of benzene rings is 1. The molecule has 0 aliphatic rings. The Hall–Kier alpha value is -2.71. The number of carbonyl (C=O) groups is 2. The molecule has 1 unspecified atom stereocenters. The summed E-state index contributed by atoms with van der Waals surface area (Å²) >= 11 is 0. The minimum atomic E-state index is -4.57. The molecular weight excluding hydrogens is 537 g/mol. The van der Waals surface area contributed by atoms with Crippen molar-refractivity contribution in [2.45, 2.75) is 93.7 Å². The Kier molecular flexibility index (Phi) is 13.7. The lowest BCUT2D eigenvalue weighted by atomic mass is 9.59. The lowest BCUT2D eigenvalue weighted by Crippen LogP contribution is -2.45. The summed E-state index contributed by atoms with van der Waals surface area (Å²) < 4.78 is 57.5. The lowest BCUT2D eigenvalue weighted by molar-refractivity contribution is -0.182. The van der Waals surface area contributed by atoms with Gasteiger partial charge < -0.3 is 18.9 Å². The monoisotopic (exact) mass is 586 g/mol. The minimum absolute atomic E-state index is 0.00830. The van der Waals surface area contributed by atoms with Crippen LogP contribution < -0.4 is 9.47 Å². The quantitative estimate of drug-likeness (QED) is 0.110. The molecule has 1 atom stereocenters. The number of ether oxygens (including phenoxy) is 4. The summed E-state index contributed by atoms with van der Waals surface area (Å²) in [6.07, 6.45) is 1.82. The number of hydrogen-bond acceptors (Lipinski definition) is 6. The average molecular weight is 587 g/mol. The molecule has 1 rings (SSSR count). The molecule has 6 nitrogen and oxygen atoms in total. The number of esters is 2. The van der Waals surface area contributed by atoms with Crippen LogP contribution in [0.2, 0.25) is 0 Å². The largest absolute Gasteiger partial charge is 0.493 e. The molecule has 0 saturated heterocycles. The van der Waals surface area contributed by atoms with E-state index in [-0.39, 0.29) is 16.8 Å². The van der Waals surface area contributed by atoms with E-state index in [0.717, 1.165) is 38.2 Å². The van der Waals surface area contributed by atoms with Gasteiger partial charge in [-0.3, -0.25) is 4.79 Å². The fraction of sp³-hybridized carbons (Fsp3) is 0.688. The number of unbranched alkanes of at least 4 members (excludes halogenated alkanes) is 3. The SMILES string of the molecule is COc1cc(/C=C/C(=O)OCC(F)(F)F)ccc1OCCCCCCOC(=O)C(C)(CC(C)(C)C(C)C)C(C)(C)C. The van der Waals surface area contributed by atoms with E-state index >= 15 is 0 Å². The first-order valence-electron chi connectivity index (χ1n) is 14.2. The molecule has 0 spiro atoms. The minimum Gasteiger partial charge on any atom is -0.493 e. The maximum Gasteiger partial charge on any atom is 0.422 e. The van der Waals surface area contributed by atoms with Gasteiger partial charge in [0.25, 0.3) is 0 Å². The number of alkyl halides is 3. The molecule has 0 aliphatic heterocycles. The van der Waals surface area contributed by atoms with Crippen molar-refractivity contribution in [2.24, 2.45) is 22.2 Å². The van der Waals surface area contributed by atoms with Crippen LogP contribution in [0.15, 0.2) is 24.3 Å². The summed E-state index contributed by atoms with van der Waals surface area (Å²) in [5.41, 5.74) is -0.266. The van der Waals surface area contributed by atoms with Crippen molar-refractivity contribution in [1.29, 1.82) is 0 Å². The molecule has 0 fully saturated rings. The van der Waals surface area contributed by atoms with Gasteiger partial charge in [-0.2, -0.15) is 13.2 Å². The fourth-order valence-electron chi connectivity index (χ4n) is 4.10. The van der Waals surface area contributed by atoms with Crippen LogP contribution >= 0.6 is 0 Å². The highest BCUT2D eigenvalue weighted by Gasteiger charge is 2.49. The Morgan fingerprint density at radius 2 is 1.49 bits per heavy atom. The van der Waals surface area contributed by atoms with Crippen molar-refractivity contribution in [3.05, 3.63) is 29.8 Å². The first kappa shape index (κ1) is 36.3. The Bertz CT molecular complexity index is 1010. The number of carbonyl (C=O) groups excluding carboxylic acids is 2. The van der Waals surface area contributed by atoms with E-state index in [1.165, 1.54) is 13.2 Å². The molecule has 234 valence electrons. The van der Waals surface area contributed by atoms with Gasteiger partial charge in [0, 0.05) is 6.08 Å². The third-order valence-electron chi connectivity index (χ3n) is 7.99. The predicted octanol–water partition coefficient (Wildman–Crippen LogP) is 8.42. The first-order valence-corrected chi connectivity index (χ1v) is 14.2. The Morgan fingerprint density at radius 1 is 0.878 bits per heavy atom. The van der Waals surface area contributed by atoms with Gasteiger partial charge in [-0.25, -0.2) is 4.79 Å². The van der Waals surface area contributed by atoms with Crippen molar-refractivity contribution in [3.63, 3.8) is 0 Å². The second-order valence-corrected chi connectivity index (χ2v) is 12.8. The number of methoxy groups -OCH3 is 1. The standard InChI is InChI=1S/C32H49F3O6/c1-23(2)30(6,7)21-31(8,29(3,4)5)28(37)40-19-13-11-10-12-18-39-25-16-14-24(20-26(25)38-9)15-17-27(36)41-22-32(33,34)35/h14-17,20,23H,10-13,18-19,21-22H2,1-9H3/b17-15+. The normalized spacial score (nSPS) is 14.2. The van der Waals surface area contributed by atoms with Gasteiger partial charge in [0.1, 0.15) is 0 Å². The average Bonchev–Trinajstić information content (AvgIpc) is 2.86. The summed E-state index contributed by atoms with van der Waals surface area (Å²) in [6.45, 7) is 16.3. The lowest BCUT2D eigenvalue weighted by Gasteiger charge is -2.45. The van der Waals surface area contributed by atoms with Gasteiger partial charge in [0.2, 0.25) is 0 Å². The van der Waals surface area contributed by atoms with Crippen LogP contribution in [-0.4, -0.2) is 45.0 Å². The first-order chi connectivity index (χ1) is 18.8. The van der Waals surface area contributed by atoms with Crippen molar-refractivity contribution < 1.29 is 41.7 Å².